The molecule has 0 spiro atoms. The Morgan fingerprint density at radius 1 is 1.15 bits per heavy atom. The summed E-state index contributed by atoms with van der Waals surface area (Å²) in [6, 6.07) is 17.7. The summed E-state index contributed by atoms with van der Waals surface area (Å²) in [7, 11) is 1.51. The Labute approximate surface area is 223 Å². The number of methoxy groups -OCH3 is 1. The van der Waals surface area contributed by atoms with Gasteiger partial charge in [0, 0.05) is 17.7 Å². The van der Waals surface area contributed by atoms with Gasteiger partial charge in [-0.2, -0.15) is 5.26 Å². The molecule has 0 saturated heterocycles. The molecule has 1 heterocycles. The fourth-order valence-corrected chi connectivity index (χ4v) is 4.00. The first-order chi connectivity index (χ1) is 18.9. The predicted octanol–water partition coefficient (Wildman–Crippen LogP) is 4.37. The number of nitriles is 1. The average molecular weight is 530 g/mol. The molecule has 11 heteroatoms. The van der Waals surface area contributed by atoms with Gasteiger partial charge >= 0.3 is 11.7 Å². The number of nitrogens with zero attached hydrogens (tertiary/aromatic N) is 2. The highest BCUT2D eigenvalue weighted by Crippen LogP contribution is 2.45. The van der Waals surface area contributed by atoms with Crippen molar-refractivity contribution in [3.05, 3.63) is 106 Å². The summed E-state index contributed by atoms with van der Waals surface area (Å²) < 4.78 is 27.4. The third kappa shape index (κ3) is 5.75. The van der Waals surface area contributed by atoms with Crippen LogP contribution in [-0.2, 0) is 4.79 Å². The smallest absolute Gasteiger partial charge is 0.349 e. The number of hydrogen-bond acceptors (Lipinski definition) is 10. The van der Waals surface area contributed by atoms with E-state index in [1.54, 1.807) is 36.4 Å². The molecule has 0 saturated carbocycles. The fourth-order valence-electron chi connectivity index (χ4n) is 4.00. The molecule has 3 aromatic rings. The molecule has 0 amide bonds. The lowest BCUT2D eigenvalue weighted by molar-refractivity contribution is -0.385. The molecule has 1 unspecified atom stereocenters. The van der Waals surface area contributed by atoms with Crippen molar-refractivity contribution < 1.29 is 33.4 Å². The number of carbonyl (C=O) groups excluding carboxylic acids is 1. The maximum absolute atomic E-state index is 12.4. The van der Waals surface area contributed by atoms with Crippen LogP contribution in [0.5, 0.6) is 28.7 Å². The first-order valence-electron chi connectivity index (χ1n) is 11.6. The summed E-state index contributed by atoms with van der Waals surface area (Å²) in [5.41, 5.74) is 7.32. The Kier molecular flexibility index (Phi) is 7.97. The van der Waals surface area contributed by atoms with E-state index in [2.05, 4.69) is 12.6 Å². The highest BCUT2D eigenvalue weighted by molar-refractivity contribution is 5.74. The Morgan fingerprint density at radius 3 is 2.67 bits per heavy atom. The van der Waals surface area contributed by atoms with Gasteiger partial charge in [0.2, 0.25) is 5.88 Å². The van der Waals surface area contributed by atoms with Crippen molar-refractivity contribution in [2.24, 2.45) is 5.73 Å². The van der Waals surface area contributed by atoms with Crippen LogP contribution in [-0.4, -0.2) is 31.2 Å². The van der Waals surface area contributed by atoms with Crippen molar-refractivity contribution in [1.29, 1.82) is 5.26 Å². The monoisotopic (exact) mass is 529 g/mol. The molecular weight excluding hydrogens is 506 g/mol. The molecule has 39 heavy (non-hydrogen) atoms. The van der Waals surface area contributed by atoms with Gasteiger partial charge < -0.3 is 29.4 Å². The van der Waals surface area contributed by atoms with Gasteiger partial charge in [-0.1, -0.05) is 36.9 Å². The zero-order valence-corrected chi connectivity index (χ0v) is 20.8. The van der Waals surface area contributed by atoms with Crippen LogP contribution in [0.1, 0.15) is 17.0 Å². The fraction of sp³-hybridized carbons (Fsp3) is 0.143. The van der Waals surface area contributed by atoms with E-state index in [1.165, 1.54) is 37.4 Å². The predicted molar refractivity (Wildman–Crippen MR) is 139 cm³/mol. The number of benzene rings is 3. The molecule has 0 bridgehead atoms. The first-order valence-corrected chi connectivity index (χ1v) is 11.6. The third-order valence-corrected chi connectivity index (χ3v) is 5.71. The van der Waals surface area contributed by atoms with Crippen molar-refractivity contribution in [3.63, 3.8) is 0 Å². The average Bonchev–Trinajstić information content (AvgIpc) is 2.94. The molecule has 0 aromatic heterocycles. The molecule has 1 atom stereocenters. The van der Waals surface area contributed by atoms with Gasteiger partial charge in [-0.05, 0) is 29.8 Å². The van der Waals surface area contributed by atoms with Crippen molar-refractivity contribution in [3.8, 4) is 34.8 Å². The molecular formula is C28H23N3O8. The second kappa shape index (κ2) is 11.7. The van der Waals surface area contributed by atoms with E-state index in [0.29, 0.717) is 29.2 Å². The molecule has 1 aliphatic heterocycles. The summed E-state index contributed by atoms with van der Waals surface area (Å²) in [6.45, 7) is 3.37. The number of nitro groups is 1. The van der Waals surface area contributed by atoms with Gasteiger partial charge in [-0.25, -0.2) is 4.79 Å². The Hall–Kier alpha value is -5.50. The number of fused-ring (bicyclic) bond motifs is 1. The summed E-state index contributed by atoms with van der Waals surface area (Å²) in [4.78, 5) is 22.9. The van der Waals surface area contributed by atoms with E-state index in [0.717, 1.165) is 0 Å². The van der Waals surface area contributed by atoms with Crippen molar-refractivity contribution in [1.82, 2.24) is 0 Å². The topological polar surface area (TPSA) is 156 Å². The number of nitrogens with two attached hydrogens (primary N) is 1. The second-order valence-electron chi connectivity index (χ2n) is 8.12. The lowest BCUT2D eigenvalue weighted by Gasteiger charge is -2.27. The van der Waals surface area contributed by atoms with Crippen molar-refractivity contribution in [2.75, 3.05) is 20.3 Å². The summed E-state index contributed by atoms with van der Waals surface area (Å²) in [5.74, 6) is -0.153. The van der Waals surface area contributed by atoms with Crippen LogP contribution in [0.4, 0.5) is 5.69 Å². The van der Waals surface area contributed by atoms with Gasteiger partial charge in [-0.3, -0.25) is 10.1 Å². The quantitative estimate of drug-likeness (QED) is 0.131. The minimum Gasteiger partial charge on any atom is -0.493 e. The normalized spacial score (nSPS) is 13.8. The third-order valence-electron chi connectivity index (χ3n) is 5.71. The Bertz CT molecular complexity index is 1510. The van der Waals surface area contributed by atoms with Gasteiger partial charge in [-0.15, -0.1) is 0 Å². The number of ether oxygens (including phenoxy) is 5. The minimum absolute atomic E-state index is 0.0608. The first kappa shape index (κ1) is 26.6. The molecule has 0 fully saturated rings. The molecule has 3 aromatic carbocycles. The number of hydrogen-bond donors (Lipinski definition) is 1. The zero-order chi connectivity index (χ0) is 27.9. The molecule has 0 radical (unpaired) electrons. The van der Waals surface area contributed by atoms with Crippen LogP contribution in [0.3, 0.4) is 0 Å². The SMILES string of the molecule is C=CCOc1ccc(C2C(C#N)=C(N)Oc3cc(OC(=O)COc4ccccc4[N+](=O)[O-])ccc32)cc1OC. The molecule has 2 N–H and O–H groups in total. The number of allylic oxidation sites excluding steroid dienone is 1. The number of para-hydroxylation sites is 2. The van der Waals surface area contributed by atoms with E-state index in [-0.39, 0.29) is 34.4 Å². The van der Waals surface area contributed by atoms with Gasteiger partial charge in [0.05, 0.1) is 18.0 Å². The van der Waals surface area contributed by atoms with Crippen molar-refractivity contribution in [2.45, 2.75) is 5.92 Å². The summed E-state index contributed by atoms with van der Waals surface area (Å²) in [6.07, 6.45) is 1.61. The molecule has 198 valence electrons. The molecule has 11 nitrogen and oxygen atoms in total. The number of nitro benzene ring substituents is 1. The maximum Gasteiger partial charge on any atom is 0.349 e. The molecule has 0 aliphatic carbocycles. The molecule has 1 aliphatic rings. The Balaban J connectivity index is 1.57. The Morgan fingerprint density at radius 2 is 1.95 bits per heavy atom. The summed E-state index contributed by atoms with van der Waals surface area (Å²) >= 11 is 0. The highest BCUT2D eigenvalue weighted by Gasteiger charge is 2.32. The molecule has 4 rings (SSSR count). The van der Waals surface area contributed by atoms with Crippen LogP contribution in [0.15, 0.2) is 84.8 Å². The van der Waals surface area contributed by atoms with E-state index >= 15 is 0 Å². The second-order valence-corrected chi connectivity index (χ2v) is 8.12. The van der Waals surface area contributed by atoms with Gasteiger partial charge in [0.15, 0.2) is 23.9 Å². The highest BCUT2D eigenvalue weighted by atomic mass is 16.6. The minimum atomic E-state index is -0.790. The number of esters is 1. The van der Waals surface area contributed by atoms with Gasteiger partial charge in [0.25, 0.3) is 0 Å². The van der Waals surface area contributed by atoms with Crippen molar-refractivity contribution >= 4 is 11.7 Å². The largest absolute Gasteiger partial charge is 0.493 e. The standard InChI is InChI=1S/C28H23N3O8/c1-3-12-36-23-11-8-17(13-25(23)35-2)27-19-10-9-18(14-24(19)39-28(30)20(27)15-29)38-26(32)16-37-22-7-5-4-6-21(22)31(33)34/h3-11,13-14,27H,1,12,16,30H2,2H3. The van der Waals surface area contributed by atoms with E-state index in [4.69, 9.17) is 29.4 Å². The lowest BCUT2D eigenvalue weighted by atomic mass is 9.83. The van der Waals surface area contributed by atoms with E-state index in [9.17, 15) is 20.2 Å². The number of carbonyl (C=O) groups is 1. The van der Waals surface area contributed by atoms with Crippen LogP contribution in [0.25, 0.3) is 0 Å². The van der Waals surface area contributed by atoms with Crippen LogP contribution in [0.2, 0.25) is 0 Å². The number of rotatable bonds is 10. The lowest BCUT2D eigenvalue weighted by Crippen LogP contribution is -2.22. The maximum atomic E-state index is 12.4. The van der Waals surface area contributed by atoms with Crippen LogP contribution in [0, 0.1) is 21.4 Å². The van der Waals surface area contributed by atoms with E-state index < -0.39 is 23.4 Å². The van der Waals surface area contributed by atoms with Crippen LogP contribution < -0.4 is 29.4 Å². The zero-order valence-electron chi connectivity index (χ0n) is 20.8. The summed E-state index contributed by atoms with van der Waals surface area (Å²) in [5, 5.41) is 21.0. The van der Waals surface area contributed by atoms with Gasteiger partial charge in [0.1, 0.15) is 29.7 Å². The van der Waals surface area contributed by atoms with E-state index in [1.807, 2.05) is 0 Å². The van der Waals surface area contributed by atoms with Crippen LogP contribution >= 0.6 is 0 Å².